The van der Waals surface area contributed by atoms with Gasteiger partial charge in [0.15, 0.2) is 0 Å². The monoisotopic (exact) mass is 655 g/mol. The van der Waals surface area contributed by atoms with E-state index in [9.17, 15) is 13.2 Å². The fourth-order valence-electron chi connectivity index (χ4n) is 3.05. The molecule has 0 saturated heterocycles. The highest BCUT2D eigenvalue weighted by molar-refractivity contribution is 14.1. The first kappa shape index (κ1) is 26.2. The lowest BCUT2D eigenvalue weighted by Gasteiger charge is -2.24. The Morgan fingerprint density at radius 3 is 2.44 bits per heavy atom. The standard InChI is InChI=1S/C24H23BrIN3O4S/c1-16-7-9-20(10-8-16)29(34(31,32)21-11-12-23(33-3)22(25)14-21)15-24(30)28-27-17(2)18-5-4-6-19(26)13-18/h4-14H,15H2,1-3H3,(H,28,30)/b27-17-. The first-order valence-electron chi connectivity index (χ1n) is 10.1. The van der Waals surface area contributed by atoms with Gasteiger partial charge >= 0.3 is 0 Å². The van der Waals surface area contributed by atoms with Crippen LogP contribution in [0.15, 0.2) is 81.2 Å². The third-order valence-corrected chi connectivity index (χ3v) is 7.97. The maximum atomic E-state index is 13.5. The maximum Gasteiger partial charge on any atom is 0.264 e. The van der Waals surface area contributed by atoms with Gasteiger partial charge in [-0.1, -0.05) is 29.8 Å². The molecule has 0 radical (unpaired) electrons. The van der Waals surface area contributed by atoms with Gasteiger partial charge in [0.25, 0.3) is 15.9 Å². The molecule has 0 aliphatic rings. The summed E-state index contributed by atoms with van der Waals surface area (Å²) < 4.78 is 34.9. The number of ether oxygens (including phenoxy) is 1. The molecule has 0 heterocycles. The van der Waals surface area contributed by atoms with Crippen molar-refractivity contribution in [3.05, 3.63) is 85.9 Å². The summed E-state index contributed by atoms with van der Waals surface area (Å²) in [6, 6.07) is 19.0. The van der Waals surface area contributed by atoms with Crippen molar-refractivity contribution in [1.82, 2.24) is 5.43 Å². The van der Waals surface area contributed by atoms with E-state index in [1.807, 2.05) is 31.2 Å². The van der Waals surface area contributed by atoms with Crippen molar-refractivity contribution >= 4 is 65.9 Å². The van der Waals surface area contributed by atoms with E-state index in [0.717, 1.165) is 19.0 Å². The van der Waals surface area contributed by atoms with Gasteiger partial charge in [-0.05, 0) is 100 Å². The lowest BCUT2D eigenvalue weighted by Crippen LogP contribution is -2.39. The van der Waals surface area contributed by atoms with Gasteiger partial charge in [-0.3, -0.25) is 9.10 Å². The molecule has 0 unspecified atom stereocenters. The van der Waals surface area contributed by atoms with Crippen molar-refractivity contribution in [1.29, 1.82) is 0 Å². The summed E-state index contributed by atoms with van der Waals surface area (Å²) in [5.74, 6) is -0.0688. The van der Waals surface area contributed by atoms with Crippen molar-refractivity contribution in [2.75, 3.05) is 18.0 Å². The number of nitrogens with one attached hydrogen (secondary N) is 1. The van der Waals surface area contributed by atoms with Gasteiger partial charge in [-0.2, -0.15) is 5.10 Å². The summed E-state index contributed by atoms with van der Waals surface area (Å²) in [6.45, 7) is 3.23. The molecule has 0 atom stereocenters. The Kier molecular flexibility index (Phi) is 8.72. The quantitative estimate of drug-likeness (QED) is 0.208. The number of nitrogens with zero attached hydrogens (tertiary/aromatic N) is 2. The molecule has 0 aromatic heterocycles. The molecule has 10 heteroatoms. The minimum atomic E-state index is -4.07. The average Bonchev–Trinajstić information content (AvgIpc) is 2.81. The van der Waals surface area contributed by atoms with Crippen LogP contribution in [0, 0.1) is 10.5 Å². The number of rotatable bonds is 8. The number of hydrazone groups is 1. The van der Waals surface area contributed by atoms with Crippen LogP contribution >= 0.6 is 38.5 Å². The zero-order chi connectivity index (χ0) is 24.9. The highest BCUT2D eigenvalue weighted by Crippen LogP contribution is 2.30. The number of benzene rings is 3. The molecule has 0 spiro atoms. The summed E-state index contributed by atoms with van der Waals surface area (Å²) in [5.41, 5.74) is 5.28. The first-order chi connectivity index (χ1) is 16.1. The number of hydrogen-bond donors (Lipinski definition) is 1. The third-order valence-electron chi connectivity index (χ3n) is 4.91. The predicted molar refractivity (Wildman–Crippen MR) is 146 cm³/mol. The number of halogens is 2. The Hall–Kier alpha value is -2.44. The molecule has 3 rings (SSSR count). The van der Waals surface area contributed by atoms with Crippen molar-refractivity contribution in [3.8, 4) is 5.75 Å². The van der Waals surface area contributed by atoms with Crippen molar-refractivity contribution in [3.63, 3.8) is 0 Å². The van der Waals surface area contributed by atoms with E-state index in [4.69, 9.17) is 4.74 Å². The van der Waals surface area contributed by atoms with Gasteiger partial charge in [-0.15, -0.1) is 0 Å². The van der Waals surface area contributed by atoms with E-state index in [2.05, 4.69) is 49.0 Å². The molecule has 0 bridgehead atoms. The van der Waals surface area contributed by atoms with Crippen LogP contribution in [0.2, 0.25) is 0 Å². The van der Waals surface area contributed by atoms with E-state index < -0.39 is 22.5 Å². The minimum absolute atomic E-state index is 0.0205. The SMILES string of the molecule is COc1ccc(S(=O)(=O)N(CC(=O)N/N=C(/C)c2cccc(I)c2)c2ccc(C)cc2)cc1Br. The van der Waals surface area contributed by atoms with E-state index >= 15 is 0 Å². The van der Waals surface area contributed by atoms with E-state index in [0.29, 0.717) is 21.6 Å². The fourth-order valence-corrected chi connectivity index (χ4v) is 5.73. The number of amides is 1. The van der Waals surface area contributed by atoms with Crippen LogP contribution in [0.3, 0.4) is 0 Å². The van der Waals surface area contributed by atoms with Gasteiger partial charge in [0.05, 0.1) is 27.9 Å². The molecular formula is C24H23BrIN3O4S. The molecule has 1 amide bonds. The van der Waals surface area contributed by atoms with Crippen molar-refractivity contribution in [2.24, 2.45) is 5.10 Å². The highest BCUT2D eigenvalue weighted by atomic mass is 127. The molecule has 0 aliphatic carbocycles. The molecule has 3 aromatic carbocycles. The first-order valence-corrected chi connectivity index (χ1v) is 13.4. The summed E-state index contributed by atoms with van der Waals surface area (Å²) in [7, 11) is -2.57. The Bertz CT molecular complexity index is 1330. The third kappa shape index (κ3) is 6.36. The van der Waals surface area contributed by atoms with Crippen LogP contribution in [-0.2, 0) is 14.8 Å². The Morgan fingerprint density at radius 1 is 1.12 bits per heavy atom. The highest BCUT2D eigenvalue weighted by Gasteiger charge is 2.28. The molecule has 0 aliphatic heterocycles. The van der Waals surface area contributed by atoms with Crippen LogP contribution < -0.4 is 14.5 Å². The minimum Gasteiger partial charge on any atom is -0.496 e. The van der Waals surface area contributed by atoms with Crippen molar-refractivity contribution in [2.45, 2.75) is 18.7 Å². The number of sulfonamides is 1. The second-order valence-electron chi connectivity index (χ2n) is 7.39. The lowest BCUT2D eigenvalue weighted by molar-refractivity contribution is -0.119. The molecule has 3 aromatic rings. The Balaban J connectivity index is 1.90. The number of carbonyl (C=O) groups is 1. The maximum absolute atomic E-state index is 13.5. The van der Waals surface area contributed by atoms with E-state index in [-0.39, 0.29) is 4.90 Å². The summed E-state index contributed by atoms with van der Waals surface area (Å²) in [4.78, 5) is 12.8. The van der Waals surface area contributed by atoms with Gasteiger partial charge < -0.3 is 4.74 Å². The Morgan fingerprint density at radius 2 is 1.82 bits per heavy atom. The molecule has 1 N–H and O–H groups in total. The smallest absolute Gasteiger partial charge is 0.264 e. The normalized spacial score (nSPS) is 11.7. The molecule has 178 valence electrons. The molecule has 0 saturated carbocycles. The predicted octanol–water partition coefficient (Wildman–Crippen LogP) is 5.11. The summed E-state index contributed by atoms with van der Waals surface area (Å²) in [6.07, 6.45) is 0. The lowest BCUT2D eigenvalue weighted by atomic mass is 10.1. The van der Waals surface area contributed by atoms with Crippen LogP contribution in [0.25, 0.3) is 0 Å². The van der Waals surface area contributed by atoms with Crippen molar-refractivity contribution < 1.29 is 17.9 Å². The van der Waals surface area contributed by atoms with Crippen LogP contribution in [0.5, 0.6) is 5.75 Å². The Labute approximate surface area is 221 Å². The number of anilines is 1. The number of carbonyl (C=O) groups excluding carboxylic acids is 1. The second kappa shape index (κ2) is 11.3. The zero-order valence-electron chi connectivity index (χ0n) is 18.7. The topological polar surface area (TPSA) is 88.1 Å². The molecule has 7 nitrogen and oxygen atoms in total. The molecule has 0 fully saturated rings. The van der Waals surface area contributed by atoms with Gasteiger partial charge in [0.1, 0.15) is 12.3 Å². The van der Waals surface area contributed by atoms with Gasteiger partial charge in [0.2, 0.25) is 0 Å². The number of hydrogen-bond acceptors (Lipinski definition) is 5. The zero-order valence-corrected chi connectivity index (χ0v) is 23.3. The second-order valence-corrected chi connectivity index (χ2v) is 11.3. The van der Waals surface area contributed by atoms with Crippen LogP contribution in [-0.4, -0.2) is 33.7 Å². The van der Waals surface area contributed by atoms with Crippen LogP contribution in [0.4, 0.5) is 5.69 Å². The molecular weight excluding hydrogens is 633 g/mol. The average molecular weight is 656 g/mol. The number of aryl methyl sites for hydroxylation is 1. The van der Waals surface area contributed by atoms with E-state index in [1.165, 1.54) is 19.2 Å². The molecule has 34 heavy (non-hydrogen) atoms. The van der Waals surface area contributed by atoms with Crippen LogP contribution in [0.1, 0.15) is 18.1 Å². The fraction of sp³-hybridized carbons (Fsp3) is 0.167. The van der Waals surface area contributed by atoms with Gasteiger partial charge in [0, 0.05) is 3.57 Å². The number of methoxy groups -OCH3 is 1. The van der Waals surface area contributed by atoms with E-state index in [1.54, 1.807) is 37.3 Å². The summed E-state index contributed by atoms with van der Waals surface area (Å²) in [5, 5.41) is 4.16. The summed E-state index contributed by atoms with van der Waals surface area (Å²) >= 11 is 5.53. The largest absolute Gasteiger partial charge is 0.496 e. The van der Waals surface area contributed by atoms with Gasteiger partial charge in [-0.25, -0.2) is 13.8 Å².